The molecule has 21 heavy (non-hydrogen) atoms. The minimum absolute atomic E-state index is 0.180. The van der Waals surface area contributed by atoms with E-state index in [1.807, 2.05) is 0 Å². The van der Waals surface area contributed by atoms with E-state index in [0.717, 1.165) is 0 Å². The molecule has 0 N–H and O–H groups in total. The second kappa shape index (κ2) is 6.70. The van der Waals surface area contributed by atoms with Crippen molar-refractivity contribution in [3.05, 3.63) is 52.0 Å². The molecular formula is C15H12Cl2O4. The molecule has 0 aliphatic heterocycles. The number of carbonyl (C=O) groups excluding carboxylic acids is 1. The molecule has 0 aliphatic carbocycles. The molecule has 0 fully saturated rings. The van der Waals surface area contributed by atoms with Gasteiger partial charge in [0.15, 0.2) is 5.75 Å². The molecule has 0 atom stereocenters. The Kier molecular flexibility index (Phi) is 4.94. The largest absolute Gasteiger partial charge is 0.497 e. The molecule has 0 amide bonds. The fourth-order valence-corrected chi connectivity index (χ4v) is 2.00. The molecule has 0 aliphatic rings. The van der Waals surface area contributed by atoms with Gasteiger partial charge in [-0.15, -0.1) is 0 Å². The van der Waals surface area contributed by atoms with Crippen LogP contribution in [0.3, 0.4) is 0 Å². The summed E-state index contributed by atoms with van der Waals surface area (Å²) in [7, 11) is 2.97. The smallest absolute Gasteiger partial charge is 0.347 e. The molecule has 4 nitrogen and oxygen atoms in total. The predicted octanol–water partition coefficient (Wildman–Crippen LogP) is 4.23. The van der Waals surface area contributed by atoms with Crippen molar-refractivity contribution in [2.75, 3.05) is 14.2 Å². The standard InChI is InChI=1S/C15H12Cl2O4/c1-19-10-4-6-13(20-2)11(8-10)15(18)21-14-7-9(16)3-5-12(14)17/h3-8H,1-2H3. The van der Waals surface area contributed by atoms with Gasteiger partial charge in [-0.1, -0.05) is 23.2 Å². The van der Waals surface area contributed by atoms with E-state index in [1.165, 1.54) is 26.4 Å². The average molecular weight is 327 g/mol. The molecule has 110 valence electrons. The molecule has 0 heterocycles. The van der Waals surface area contributed by atoms with Crippen LogP contribution < -0.4 is 14.2 Å². The molecule has 0 unspecified atom stereocenters. The number of esters is 1. The first-order valence-electron chi connectivity index (χ1n) is 5.94. The molecule has 0 saturated carbocycles. The van der Waals surface area contributed by atoms with Crippen LogP contribution in [0.1, 0.15) is 10.4 Å². The molecule has 0 saturated heterocycles. The normalized spacial score (nSPS) is 10.1. The highest BCUT2D eigenvalue weighted by Gasteiger charge is 2.17. The summed E-state index contributed by atoms with van der Waals surface area (Å²) in [4.78, 5) is 12.3. The Morgan fingerprint density at radius 3 is 2.38 bits per heavy atom. The molecule has 0 bridgehead atoms. The van der Waals surface area contributed by atoms with Crippen molar-refractivity contribution in [3.8, 4) is 17.2 Å². The highest BCUT2D eigenvalue weighted by Crippen LogP contribution is 2.30. The first-order chi connectivity index (χ1) is 10.0. The van der Waals surface area contributed by atoms with Crippen LogP contribution in [0.25, 0.3) is 0 Å². The lowest BCUT2D eigenvalue weighted by atomic mass is 10.2. The van der Waals surface area contributed by atoms with Crippen molar-refractivity contribution in [2.45, 2.75) is 0 Å². The summed E-state index contributed by atoms with van der Waals surface area (Å²) in [5.41, 5.74) is 0.230. The zero-order valence-corrected chi connectivity index (χ0v) is 12.9. The lowest BCUT2D eigenvalue weighted by Gasteiger charge is -2.11. The molecule has 0 spiro atoms. The minimum Gasteiger partial charge on any atom is -0.497 e. The van der Waals surface area contributed by atoms with Gasteiger partial charge in [0.2, 0.25) is 0 Å². The molecule has 0 radical (unpaired) electrons. The van der Waals surface area contributed by atoms with Crippen molar-refractivity contribution in [3.63, 3.8) is 0 Å². The first kappa shape index (κ1) is 15.5. The topological polar surface area (TPSA) is 44.8 Å². The van der Waals surface area contributed by atoms with Gasteiger partial charge < -0.3 is 14.2 Å². The third-order valence-electron chi connectivity index (χ3n) is 2.72. The highest BCUT2D eigenvalue weighted by molar-refractivity contribution is 6.34. The number of hydrogen-bond acceptors (Lipinski definition) is 4. The van der Waals surface area contributed by atoms with E-state index in [2.05, 4.69) is 0 Å². The summed E-state index contributed by atoms with van der Waals surface area (Å²) >= 11 is 11.8. The Labute approximate surface area is 132 Å². The zero-order chi connectivity index (χ0) is 15.4. The molecular weight excluding hydrogens is 315 g/mol. The maximum absolute atomic E-state index is 12.3. The maximum atomic E-state index is 12.3. The van der Waals surface area contributed by atoms with Gasteiger partial charge in [-0.05, 0) is 30.3 Å². The van der Waals surface area contributed by atoms with Gasteiger partial charge in [-0.25, -0.2) is 4.79 Å². The van der Waals surface area contributed by atoms with E-state index in [0.29, 0.717) is 16.5 Å². The second-order valence-electron chi connectivity index (χ2n) is 4.03. The van der Waals surface area contributed by atoms with E-state index in [4.69, 9.17) is 37.4 Å². The van der Waals surface area contributed by atoms with Gasteiger partial charge in [0.05, 0.1) is 19.2 Å². The van der Waals surface area contributed by atoms with Crippen LogP contribution in [0.15, 0.2) is 36.4 Å². The van der Waals surface area contributed by atoms with Crippen LogP contribution in [0, 0.1) is 0 Å². The van der Waals surface area contributed by atoms with Crippen molar-refractivity contribution in [1.82, 2.24) is 0 Å². The molecule has 2 aromatic carbocycles. The van der Waals surface area contributed by atoms with E-state index < -0.39 is 5.97 Å². The van der Waals surface area contributed by atoms with E-state index in [-0.39, 0.29) is 16.3 Å². The lowest BCUT2D eigenvalue weighted by Crippen LogP contribution is -2.10. The summed E-state index contributed by atoms with van der Waals surface area (Å²) < 4.78 is 15.5. The summed E-state index contributed by atoms with van der Waals surface area (Å²) in [6, 6.07) is 9.45. The number of ether oxygens (including phenoxy) is 3. The number of halogens is 2. The summed E-state index contributed by atoms with van der Waals surface area (Å²) in [6.07, 6.45) is 0. The Morgan fingerprint density at radius 1 is 0.952 bits per heavy atom. The van der Waals surface area contributed by atoms with Crippen LogP contribution in [-0.2, 0) is 0 Å². The number of benzene rings is 2. The Bertz CT molecular complexity index is 671. The number of methoxy groups -OCH3 is 2. The van der Waals surface area contributed by atoms with Gasteiger partial charge in [-0.3, -0.25) is 0 Å². The lowest BCUT2D eigenvalue weighted by molar-refractivity contribution is 0.0731. The van der Waals surface area contributed by atoms with Crippen LogP contribution >= 0.6 is 23.2 Å². The fourth-order valence-electron chi connectivity index (χ4n) is 1.68. The SMILES string of the molecule is COc1ccc(OC)c(C(=O)Oc2cc(Cl)ccc2Cl)c1. The van der Waals surface area contributed by atoms with Gasteiger partial charge >= 0.3 is 5.97 Å². The highest BCUT2D eigenvalue weighted by atomic mass is 35.5. The van der Waals surface area contributed by atoms with E-state index in [9.17, 15) is 4.79 Å². The molecule has 0 aromatic heterocycles. The van der Waals surface area contributed by atoms with E-state index in [1.54, 1.807) is 24.3 Å². The first-order valence-corrected chi connectivity index (χ1v) is 6.70. The van der Waals surface area contributed by atoms with Gasteiger partial charge in [0.1, 0.15) is 17.1 Å². The molecule has 2 rings (SSSR count). The Balaban J connectivity index is 2.33. The third-order valence-corrected chi connectivity index (χ3v) is 3.27. The minimum atomic E-state index is -0.616. The van der Waals surface area contributed by atoms with Crippen LogP contribution in [-0.4, -0.2) is 20.2 Å². The van der Waals surface area contributed by atoms with Crippen LogP contribution in [0.4, 0.5) is 0 Å². The van der Waals surface area contributed by atoms with Crippen molar-refractivity contribution in [2.24, 2.45) is 0 Å². The monoisotopic (exact) mass is 326 g/mol. The number of rotatable bonds is 4. The molecule has 6 heteroatoms. The van der Waals surface area contributed by atoms with Crippen molar-refractivity contribution < 1.29 is 19.0 Å². The van der Waals surface area contributed by atoms with E-state index >= 15 is 0 Å². The van der Waals surface area contributed by atoms with Crippen molar-refractivity contribution in [1.29, 1.82) is 0 Å². The predicted molar refractivity (Wildman–Crippen MR) is 81.0 cm³/mol. The zero-order valence-electron chi connectivity index (χ0n) is 11.4. The maximum Gasteiger partial charge on any atom is 0.347 e. The summed E-state index contributed by atoms with van der Waals surface area (Å²) in [6.45, 7) is 0. The quantitative estimate of drug-likeness (QED) is 0.623. The number of hydrogen-bond donors (Lipinski definition) is 0. The third kappa shape index (κ3) is 3.60. The Hall–Kier alpha value is -1.91. The molecule has 2 aromatic rings. The van der Waals surface area contributed by atoms with Crippen molar-refractivity contribution >= 4 is 29.2 Å². The van der Waals surface area contributed by atoms with Gasteiger partial charge in [0, 0.05) is 11.1 Å². The van der Waals surface area contributed by atoms with Crippen LogP contribution in [0.5, 0.6) is 17.2 Å². The summed E-state index contributed by atoms with van der Waals surface area (Å²) in [5.74, 6) is 0.452. The average Bonchev–Trinajstić information content (AvgIpc) is 2.50. The fraction of sp³-hybridized carbons (Fsp3) is 0.133. The van der Waals surface area contributed by atoms with Gasteiger partial charge in [-0.2, -0.15) is 0 Å². The second-order valence-corrected chi connectivity index (χ2v) is 4.87. The van der Waals surface area contributed by atoms with Crippen LogP contribution in [0.2, 0.25) is 10.0 Å². The summed E-state index contributed by atoms with van der Waals surface area (Å²) in [5, 5.41) is 0.703. The van der Waals surface area contributed by atoms with Gasteiger partial charge in [0.25, 0.3) is 0 Å². The number of carbonyl (C=O) groups is 1. The Morgan fingerprint density at radius 2 is 1.71 bits per heavy atom.